The quantitative estimate of drug-likeness (QED) is 0.672. The van der Waals surface area contributed by atoms with Crippen molar-refractivity contribution in [3.8, 4) is 5.75 Å². The summed E-state index contributed by atoms with van der Waals surface area (Å²) >= 11 is 5.06. The normalized spacial score (nSPS) is 12.4. The van der Waals surface area contributed by atoms with E-state index < -0.39 is 0 Å². The molecule has 0 fully saturated rings. The summed E-state index contributed by atoms with van der Waals surface area (Å²) in [6, 6.07) is 3.88. The molecule has 0 radical (unpaired) electrons. The molecule has 0 spiro atoms. The smallest absolute Gasteiger partial charge is 0.137 e. The van der Waals surface area contributed by atoms with Gasteiger partial charge < -0.3 is 4.74 Å². The van der Waals surface area contributed by atoms with Crippen LogP contribution >= 0.6 is 27.3 Å². The van der Waals surface area contributed by atoms with Crippen LogP contribution in [0.4, 0.5) is 0 Å². The van der Waals surface area contributed by atoms with Crippen LogP contribution in [0.5, 0.6) is 5.75 Å². The Bertz CT molecular complexity index is 503. The third-order valence-corrected chi connectivity index (χ3v) is 4.10. The number of thiophene rings is 1. The largest absolute Gasteiger partial charge is 0.495 e. The molecule has 1 unspecified atom stereocenters. The molecule has 0 aliphatic heterocycles. The third kappa shape index (κ3) is 2.84. The van der Waals surface area contributed by atoms with Crippen LogP contribution in [0.2, 0.25) is 0 Å². The fraction of sp³-hybridized carbons (Fsp3) is 0.182. The fourth-order valence-electron chi connectivity index (χ4n) is 1.53. The summed E-state index contributed by atoms with van der Waals surface area (Å²) in [7, 11) is 1.62. The first-order valence-corrected chi connectivity index (χ1v) is 6.61. The lowest BCUT2D eigenvalue weighted by atomic mass is 10.1. The van der Waals surface area contributed by atoms with Crippen LogP contribution in [0, 0.1) is 0 Å². The summed E-state index contributed by atoms with van der Waals surface area (Å²) in [4.78, 5) is 5.25. The Labute approximate surface area is 112 Å². The van der Waals surface area contributed by atoms with Crippen LogP contribution in [0.15, 0.2) is 34.4 Å². The molecule has 0 aromatic carbocycles. The molecule has 6 heteroatoms. The Morgan fingerprint density at radius 3 is 2.88 bits per heavy atom. The van der Waals surface area contributed by atoms with E-state index in [1.165, 1.54) is 0 Å². The molecule has 0 saturated heterocycles. The van der Waals surface area contributed by atoms with Crippen molar-refractivity contribution in [3.63, 3.8) is 0 Å². The summed E-state index contributed by atoms with van der Waals surface area (Å²) < 4.78 is 6.20. The number of hydrogen-bond acceptors (Lipinski definition) is 5. The Hall–Kier alpha value is -0.950. The molecule has 2 aromatic heterocycles. The summed E-state index contributed by atoms with van der Waals surface area (Å²) in [5.41, 5.74) is 3.77. The lowest BCUT2D eigenvalue weighted by molar-refractivity contribution is 0.411. The van der Waals surface area contributed by atoms with E-state index in [2.05, 4.69) is 26.3 Å². The first-order valence-electron chi connectivity index (χ1n) is 4.93. The van der Waals surface area contributed by atoms with Gasteiger partial charge in [-0.1, -0.05) is 0 Å². The average molecular weight is 314 g/mol. The zero-order valence-corrected chi connectivity index (χ0v) is 11.6. The van der Waals surface area contributed by atoms with Crippen molar-refractivity contribution in [2.75, 3.05) is 7.11 Å². The predicted molar refractivity (Wildman–Crippen MR) is 72.0 cm³/mol. The molecule has 2 heterocycles. The highest BCUT2D eigenvalue weighted by molar-refractivity contribution is 9.10. The van der Waals surface area contributed by atoms with Gasteiger partial charge in [0.1, 0.15) is 5.75 Å². The van der Waals surface area contributed by atoms with E-state index >= 15 is 0 Å². The molecule has 1 atom stereocenters. The van der Waals surface area contributed by atoms with E-state index in [9.17, 15) is 0 Å². The number of halogens is 1. The standard InChI is InChI=1S/C11H12BrN3OS/c1-16-9-2-7(4-14-5-9)11(15-13)10-3-8(12)6-17-10/h2-6,11,15H,13H2,1H3. The van der Waals surface area contributed by atoms with Crippen LogP contribution in [0.25, 0.3) is 0 Å². The second-order valence-electron chi connectivity index (χ2n) is 3.43. The topological polar surface area (TPSA) is 60.2 Å². The molecule has 0 bridgehead atoms. The van der Waals surface area contributed by atoms with Crippen molar-refractivity contribution in [2.24, 2.45) is 5.84 Å². The summed E-state index contributed by atoms with van der Waals surface area (Å²) in [5, 5.41) is 2.02. The van der Waals surface area contributed by atoms with E-state index in [-0.39, 0.29) is 6.04 Å². The molecule has 90 valence electrons. The number of rotatable bonds is 4. The van der Waals surface area contributed by atoms with E-state index in [0.29, 0.717) is 0 Å². The van der Waals surface area contributed by atoms with Crippen LogP contribution in [-0.4, -0.2) is 12.1 Å². The van der Waals surface area contributed by atoms with Gasteiger partial charge in [0, 0.05) is 20.9 Å². The number of hydrogen-bond donors (Lipinski definition) is 2. The fourth-order valence-corrected chi connectivity index (χ4v) is 3.06. The highest BCUT2D eigenvalue weighted by Crippen LogP contribution is 2.30. The zero-order chi connectivity index (χ0) is 12.3. The van der Waals surface area contributed by atoms with Gasteiger partial charge in [-0.05, 0) is 33.6 Å². The van der Waals surface area contributed by atoms with Gasteiger partial charge in [-0.25, -0.2) is 5.43 Å². The third-order valence-electron chi connectivity index (χ3n) is 2.34. The van der Waals surface area contributed by atoms with Crippen LogP contribution in [-0.2, 0) is 0 Å². The zero-order valence-electron chi connectivity index (χ0n) is 9.18. The minimum atomic E-state index is -0.0751. The van der Waals surface area contributed by atoms with Gasteiger partial charge in [0.2, 0.25) is 0 Å². The maximum atomic E-state index is 5.61. The Kier molecular flexibility index (Phi) is 4.11. The lowest BCUT2D eigenvalue weighted by Gasteiger charge is -2.14. The molecule has 0 aliphatic rings. The minimum absolute atomic E-state index is 0.0751. The summed E-state index contributed by atoms with van der Waals surface area (Å²) in [6.07, 6.45) is 3.45. The maximum Gasteiger partial charge on any atom is 0.137 e. The number of pyridine rings is 1. The maximum absolute atomic E-state index is 5.61. The second kappa shape index (κ2) is 5.59. The second-order valence-corrected chi connectivity index (χ2v) is 5.28. The van der Waals surface area contributed by atoms with Crippen molar-refractivity contribution < 1.29 is 4.74 Å². The van der Waals surface area contributed by atoms with Gasteiger partial charge in [-0.15, -0.1) is 11.3 Å². The highest BCUT2D eigenvalue weighted by atomic mass is 79.9. The average Bonchev–Trinajstić information content (AvgIpc) is 2.77. The molecular weight excluding hydrogens is 302 g/mol. The number of ether oxygens (including phenoxy) is 1. The van der Waals surface area contributed by atoms with E-state index in [1.54, 1.807) is 30.8 Å². The number of nitrogens with two attached hydrogens (primary N) is 1. The number of nitrogens with zero attached hydrogens (tertiary/aromatic N) is 1. The van der Waals surface area contributed by atoms with Crippen LogP contribution in [0.3, 0.4) is 0 Å². The van der Waals surface area contributed by atoms with Gasteiger partial charge in [0.05, 0.1) is 19.3 Å². The molecule has 0 saturated carbocycles. The molecule has 2 rings (SSSR count). The lowest BCUT2D eigenvalue weighted by Crippen LogP contribution is -2.28. The minimum Gasteiger partial charge on any atom is -0.495 e. The molecule has 3 N–H and O–H groups in total. The van der Waals surface area contributed by atoms with Crippen molar-refractivity contribution in [1.82, 2.24) is 10.4 Å². The molecule has 4 nitrogen and oxygen atoms in total. The predicted octanol–water partition coefficient (Wildman–Crippen LogP) is 2.47. The van der Waals surface area contributed by atoms with Crippen molar-refractivity contribution >= 4 is 27.3 Å². The van der Waals surface area contributed by atoms with Crippen molar-refractivity contribution in [2.45, 2.75) is 6.04 Å². The Morgan fingerprint density at radius 1 is 1.47 bits per heavy atom. The van der Waals surface area contributed by atoms with E-state index in [1.807, 2.05) is 17.5 Å². The monoisotopic (exact) mass is 313 g/mol. The van der Waals surface area contributed by atoms with Gasteiger partial charge in [0.15, 0.2) is 0 Å². The van der Waals surface area contributed by atoms with Gasteiger partial charge in [-0.2, -0.15) is 0 Å². The Balaban J connectivity index is 2.34. The summed E-state index contributed by atoms with van der Waals surface area (Å²) in [6.45, 7) is 0. The number of nitrogens with one attached hydrogen (secondary N) is 1. The van der Waals surface area contributed by atoms with Gasteiger partial charge in [0.25, 0.3) is 0 Å². The number of hydrazine groups is 1. The first-order chi connectivity index (χ1) is 8.24. The number of methoxy groups -OCH3 is 1. The van der Waals surface area contributed by atoms with Gasteiger partial charge >= 0.3 is 0 Å². The van der Waals surface area contributed by atoms with Crippen molar-refractivity contribution in [1.29, 1.82) is 0 Å². The highest BCUT2D eigenvalue weighted by Gasteiger charge is 2.15. The SMILES string of the molecule is COc1cncc(C(NN)c2cc(Br)cs2)c1. The number of aromatic nitrogens is 1. The Morgan fingerprint density at radius 2 is 2.29 bits per heavy atom. The molecule has 2 aromatic rings. The molecule has 17 heavy (non-hydrogen) atoms. The molecular formula is C11H12BrN3OS. The first kappa shape index (κ1) is 12.5. The summed E-state index contributed by atoms with van der Waals surface area (Å²) in [5.74, 6) is 6.33. The van der Waals surface area contributed by atoms with Crippen molar-refractivity contribution in [3.05, 3.63) is 44.8 Å². The van der Waals surface area contributed by atoms with E-state index in [0.717, 1.165) is 20.7 Å². The van der Waals surface area contributed by atoms with E-state index in [4.69, 9.17) is 10.6 Å². The van der Waals surface area contributed by atoms with Gasteiger partial charge in [-0.3, -0.25) is 10.8 Å². The molecule has 0 aliphatic carbocycles. The van der Waals surface area contributed by atoms with Crippen LogP contribution < -0.4 is 16.0 Å². The molecule has 0 amide bonds. The van der Waals surface area contributed by atoms with Crippen LogP contribution in [0.1, 0.15) is 16.5 Å².